The van der Waals surface area contributed by atoms with E-state index in [4.69, 9.17) is 0 Å². The minimum atomic E-state index is 0.208. The first-order chi connectivity index (χ1) is 4.16. The van der Waals surface area contributed by atoms with Crippen LogP contribution in [0.5, 0.6) is 0 Å². The number of amides is 1. The van der Waals surface area contributed by atoms with Crippen LogP contribution in [0.15, 0.2) is 0 Å². The standard InChI is InChI=1S/C7H13NO/c1-3-7(2)4-6(9)8-5-7/h3-5H2,1-2H3,(H,8,9)/t7-/m1/s1. The van der Waals surface area contributed by atoms with E-state index in [-0.39, 0.29) is 11.3 Å². The number of carbonyl (C=O) groups excluding carboxylic acids is 1. The molecule has 0 bridgehead atoms. The molecule has 0 aromatic rings. The van der Waals surface area contributed by atoms with Gasteiger partial charge in [0.25, 0.3) is 0 Å². The van der Waals surface area contributed by atoms with Gasteiger partial charge in [-0.25, -0.2) is 0 Å². The van der Waals surface area contributed by atoms with Gasteiger partial charge >= 0.3 is 0 Å². The van der Waals surface area contributed by atoms with Gasteiger partial charge in [0.15, 0.2) is 0 Å². The Morgan fingerprint density at radius 2 is 2.44 bits per heavy atom. The Balaban J connectivity index is 2.54. The fourth-order valence-corrected chi connectivity index (χ4v) is 1.07. The number of hydrogen-bond donors (Lipinski definition) is 1. The molecule has 0 spiro atoms. The lowest BCUT2D eigenvalue weighted by molar-refractivity contribution is -0.119. The maximum absolute atomic E-state index is 10.7. The molecule has 2 heteroatoms. The summed E-state index contributed by atoms with van der Waals surface area (Å²) in [5.74, 6) is 0.208. The summed E-state index contributed by atoms with van der Waals surface area (Å²) in [5.41, 5.74) is 0.247. The quantitative estimate of drug-likeness (QED) is 0.557. The fraction of sp³-hybridized carbons (Fsp3) is 0.857. The first kappa shape index (κ1) is 6.59. The molecule has 0 aliphatic carbocycles. The Kier molecular flexibility index (Phi) is 1.47. The van der Waals surface area contributed by atoms with Crippen LogP contribution in [0.2, 0.25) is 0 Å². The minimum absolute atomic E-state index is 0.208. The molecule has 1 rings (SSSR count). The van der Waals surface area contributed by atoms with Gasteiger partial charge in [-0.05, 0) is 11.8 Å². The van der Waals surface area contributed by atoms with Crippen molar-refractivity contribution in [2.45, 2.75) is 26.7 Å². The smallest absolute Gasteiger partial charge is 0.220 e. The van der Waals surface area contributed by atoms with Gasteiger partial charge < -0.3 is 5.32 Å². The van der Waals surface area contributed by atoms with Gasteiger partial charge in [0, 0.05) is 13.0 Å². The summed E-state index contributed by atoms with van der Waals surface area (Å²) in [7, 11) is 0. The molecule has 0 radical (unpaired) electrons. The summed E-state index contributed by atoms with van der Waals surface area (Å²) in [6.07, 6.45) is 1.80. The maximum atomic E-state index is 10.7. The molecule has 0 aromatic carbocycles. The Hall–Kier alpha value is -0.530. The molecule has 1 N–H and O–H groups in total. The zero-order valence-corrected chi connectivity index (χ0v) is 6.03. The summed E-state index contributed by atoms with van der Waals surface area (Å²) < 4.78 is 0. The van der Waals surface area contributed by atoms with Crippen molar-refractivity contribution in [3.8, 4) is 0 Å². The highest BCUT2D eigenvalue weighted by atomic mass is 16.1. The predicted molar refractivity (Wildman–Crippen MR) is 36.0 cm³/mol. The van der Waals surface area contributed by atoms with Crippen LogP contribution in [0.25, 0.3) is 0 Å². The highest BCUT2D eigenvalue weighted by Crippen LogP contribution is 2.28. The normalized spacial score (nSPS) is 34.7. The maximum Gasteiger partial charge on any atom is 0.220 e. The van der Waals surface area contributed by atoms with E-state index in [9.17, 15) is 4.79 Å². The number of carbonyl (C=O) groups is 1. The third-order valence-electron chi connectivity index (χ3n) is 2.15. The third kappa shape index (κ3) is 1.23. The highest BCUT2D eigenvalue weighted by Gasteiger charge is 2.31. The van der Waals surface area contributed by atoms with Crippen LogP contribution in [-0.4, -0.2) is 12.5 Å². The van der Waals surface area contributed by atoms with Crippen LogP contribution >= 0.6 is 0 Å². The lowest BCUT2D eigenvalue weighted by Gasteiger charge is -2.17. The monoisotopic (exact) mass is 127 g/mol. The van der Waals surface area contributed by atoms with Crippen molar-refractivity contribution in [1.29, 1.82) is 0 Å². The molecular formula is C7H13NO. The topological polar surface area (TPSA) is 29.1 Å². The Labute approximate surface area is 55.6 Å². The van der Waals surface area contributed by atoms with Gasteiger partial charge in [-0.15, -0.1) is 0 Å². The molecule has 1 saturated heterocycles. The van der Waals surface area contributed by atoms with E-state index in [1.54, 1.807) is 0 Å². The summed E-state index contributed by atoms with van der Waals surface area (Å²) >= 11 is 0. The van der Waals surface area contributed by atoms with E-state index in [2.05, 4.69) is 19.2 Å². The number of rotatable bonds is 1. The van der Waals surface area contributed by atoms with Gasteiger partial charge in [0.1, 0.15) is 0 Å². The molecule has 2 nitrogen and oxygen atoms in total. The van der Waals surface area contributed by atoms with Crippen molar-refractivity contribution in [2.24, 2.45) is 5.41 Å². The third-order valence-corrected chi connectivity index (χ3v) is 2.15. The molecule has 1 aliphatic heterocycles. The van der Waals surface area contributed by atoms with E-state index >= 15 is 0 Å². The average molecular weight is 127 g/mol. The summed E-state index contributed by atoms with van der Waals surface area (Å²) in [5, 5.41) is 2.82. The van der Waals surface area contributed by atoms with Crippen molar-refractivity contribution >= 4 is 5.91 Å². The van der Waals surface area contributed by atoms with Crippen LogP contribution in [0.1, 0.15) is 26.7 Å². The summed E-state index contributed by atoms with van der Waals surface area (Å²) in [6.45, 7) is 5.13. The molecule has 0 aromatic heterocycles. The Bertz CT molecular complexity index is 133. The molecule has 9 heavy (non-hydrogen) atoms. The average Bonchev–Trinajstić information content (AvgIpc) is 2.13. The van der Waals surface area contributed by atoms with E-state index in [0.29, 0.717) is 6.42 Å². The van der Waals surface area contributed by atoms with E-state index in [1.807, 2.05) is 0 Å². The second-order valence-electron chi connectivity index (χ2n) is 3.12. The second kappa shape index (κ2) is 2.01. The zero-order valence-electron chi connectivity index (χ0n) is 6.03. The molecule has 1 fully saturated rings. The van der Waals surface area contributed by atoms with Gasteiger partial charge in [-0.3, -0.25) is 4.79 Å². The summed E-state index contributed by atoms with van der Waals surface area (Å²) in [6, 6.07) is 0. The predicted octanol–water partition coefficient (Wildman–Crippen LogP) is 0.923. The van der Waals surface area contributed by atoms with Crippen molar-refractivity contribution < 1.29 is 4.79 Å². The Morgan fingerprint density at radius 1 is 1.78 bits per heavy atom. The van der Waals surface area contributed by atoms with Crippen molar-refractivity contribution in [3.05, 3.63) is 0 Å². The fourth-order valence-electron chi connectivity index (χ4n) is 1.07. The van der Waals surface area contributed by atoms with Crippen molar-refractivity contribution in [2.75, 3.05) is 6.54 Å². The van der Waals surface area contributed by atoms with Gasteiger partial charge in [0.05, 0.1) is 0 Å². The zero-order chi connectivity index (χ0) is 6.91. The number of nitrogens with one attached hydrogen (secondary N) is 1. The minimum Gasteiger partial charge on any atom is -0.356 e. The van der Waals surface area contributed by atoms with Crippen LogP contribution < -0.4 is 5.32 Å². The van der Waals surface area contributed by atoms with Gasteiger partial charge in [-0.2, -0.15) is 0 Å². The Morgan fingerprint density at radius 3 is 2.67 bits per heavy atom. The molecule has 52 valence electrons. The largest absolute Gasteiger partial charge is 0.356 e. The highest BCUT2D eigenvalue weighted by molar-refractivity contribution is 5.79. The lowest BCUT2D eigenvalue weighted by Crippen LogP contribution is -2.19. The van der Waals surface area contributed by atoms with Crippen LogP contribution in [0.4, 0.5) is 0 Å². The van der Waals surface area contributed by atoms with Gasteiger partial charge in [-0.1, -0.05) is 13.8 Å². The van der Waals surface area contributed by atoms with E-state index < -0.39 is 0 Å². The van der Waals surface area contributed by atoms with Crippen LogP contribution in [-0.2, 0) is 4.79 Å². The van der Waals surface area contributed by atoms with Gasteiger partial charge in [0.2, 0.25) is 5.91 Å². The molecule has 1 heterocycles. The first-order valence-corrected chi connectivity index (χ1v) is 3.43. The van der Waals surface area contributed by atoms with E-state index in [1.165, 1.54) is 0 Å². The van der Waals surface area contributed by atoms with Crippen molar-refractivity contribution in [3.63, 3.8) is 0 Å². The lowest BCUT2D eigenvalue weighted by atomic mass is 9.87. The number of hydrogen-bond acceptors (Lipinski definition) is 1. The molecule has 0 unspecified atom stereocenters. The molecule has 0 saturated carbocycles. The first-order valence-electron chi connectivity index (χ1n) is 3.43. The molecule has 1 amide bonds. The van der Waals surface area contributed by atoms with Crippen LogP contribution in [0, 0.1) is 5.41 Å². The summed E-state index contributed by atoms with van der Waals surface area (Å²) in [4.78, 5) is 10.7. The molecule has 1 aliphatic rings. The molecule has 1 atom stereocenters. The van der Waals surface area contributed by atoms with Crippen LogP contribution in [0.3, 0.4) is 0 Å². The van der Waals surface area contributed by atoms with E-state index in [0.717, 1.165) is 13.0 Å². The van der Waals surface area contributed by atoms with Crippen molar-refractivity contribution in [1.82, 2.24) is 5.32 Å². The SMILES string of the molecule is CC[C@@]1(C)CNC(=O)C1. The second-order valence-corrected chi connectivity index (χ2v) is 3.12. The molecular weight excluding hydrogens is 114 g/mol.